The Kier molecular flexibility index (Phi) is 9.74. The van der Waals surface area contributed by atoms with Crippen LogP contribution >= 0.6 is 0 Å². The Morgan fingerprint density at radius 3 is 2.54 bits per heavy atom. The van der Waals surface area contributed by atoms with Crippen LogP contribution in [-0.4, -0.2) is 68.5 Å². The number of carboxylic acid groups (broad SMARTS) is 1. The fourth-order valence-electron chi connectivity index (χ4n) is 4.11. The molecule has 1 atom stereocenters. The van der Waals surface area contributed by atoms with E-state index in [4.69, 9.17) is 9.84 Å². The lowest BCUT2D eigenvalue weighted by molar-refractivity contribution is -0.0884. The molecule has 0 radical (unpaired) electrons. The molecule has 1 aliphatic rings. The van der Waals surface area contributed by atoms with Crippen LogP contribution in [0, 0.1) is 0 Å². The van der Waals surface area contributed by atoms with Crippen LogP contribution in [0.2, 0.25) is 0 Å². The summed E-state index contributed by atoms with van der Waals surface area (Å²) < 4.78 is 47.2. The SMILES string of the molecule is CC/C(C)=C/C=C(\C=C(/C)Oc1cccc(CN2CCN(C(=O)n3ccc(C(=O)O)n3)C(C)C2)c1)C(F)(F)F. The summed E-state index contributed by atoms with van der Waals surface area (Å²) >= 11 is 0. The van der Waals surface area contributed by atoms with Crippen LogP contribution in [0.1, 0.15) is 50.2 Å². The Morgan fingerprint density at radius 1 is 1.18 bits per heavy atom. The number of hydrogen-bond acceptors (Lipinski definition) is 5. The van der Waals surface area contributed by atoms with Crippen LogP contribution in [-0.2, 0) is 6.54 Å². The predicted molar refractivity (Wildman–Crippen MR) is 140 cm³/mol. The number of allylic oxidation sites excluding steroid dienone is 6. The first-order valence-electron chi connectivity index (χ1n) is 12.6. The molecule has 1 fully saturated rings. The first kappa shape index (κ1) is 29.7. The van der Waals surface area contributed by atoms with Crippen molar-refractivity contribution in [3.63, 3.8) is 0 Å². The van der Waals surface area contributed by atoms with Gasteiger partial charge in [-0.25, -0.2) is 9.59 Å². The Bertz CT molecular complexity index is 1280. The second-order valence-electron chi connectivity index (χ2n) is 9.50. The van der Waals surface area contributed by atoms with Gasteiger partial charge in [0.25, 0.3) is 0 Å². The van der Waals surface area contributed by atoms with Crippen molar-refractivity contribution in [2.45, 2.75) is 52.9 Å². The lowest BCUT2D eigenvalue weighted by Gasteiger charge is -2.39. The lowest BCUT2D eigenvalue weighted by Crippen LogP contribution is -2.54. The topological polar surface area (TPSA) is 87.9 Å². The minimum absolute atomic E-state index is 0.115. The number of ether oxygens (including phenoxy) is 1. The zero-order chi connectivity index (χ0) is 28.7. The summed E-state index contributed by atoms with van der Waals surface area (Å²) in [4.78, 5) is 27.7. The summed E-state index contributed by atoms with van der Waals surface area (Å²) in [5.74, 6) is -0.658. The van der Waals surface area contributed by atoms with Crippen molar-refractivity contribution in [1.29, 1.82) is 0 Å². The molecule has 0 spiro atoms. The van der Waals surface area contributed by atoms with Crippen LogP contribution in [0.3, 0.4) is 0 Å². The molecule has 3 rings (SSSR count). The summed E-state index contributed by atoms with van der Waals surface area (Å²) in [5.41, 5.74) is 0.763. The quantitative estimate of drug-likeness (QED) is 0.329. The number of halogens is 3. The predicted octanol–water partition coefficient (Wildman–Crippen LogP) is 5.88. The van der Waals surface area contributed by atoms with Crippen molar-refractivity contribution in [2.24, 2.45) is 0 Å². The third kappa shape index (κ3) is 8.31. The molecule has 11 heteroatoms. The van der Waals surface area contributed by atoms with E-state index in [1.807, 2.05) is 19.9 Å². The van der Waals surface area contributed by atoms with Gasteiger partial charge in [-0.2, -0.15) is 23.0 Å². The minimum atomic E-state index is -4.51. The Balaban J connectivity index is 1.63. The van der Waals surface area contributed by atoms with Gasteiger partial charge in [-0.3, -0.25) is 4.90 Å². The Labute approximate surface area is 225 Å². The molecule has 0 aliphatic carbocycles. The smallest absolute Gasteiger partial charge is 0.416 e. The van der Waals surface area contributed by atoms with E-state index in [0.717, 1.165) is 28.0 Å². The Morgan fingerprint density at radius 2 is 1.92 bits per heavy atom. The van der Waals surface area contributed by atoms with Gasteiger partial charge in [0, 0.05) is 38.4 Å². The van der Waals surface area contributed by atoms with Crippen molar-refractivity contribution < 1.29 is 32.6 Å². The van der Waals surface area contributed by atoms with Crippen LogP contribution < -0.4 is 4.74 Å². The molecule has 0 bridgehead atoms. The molecular formula is C28H33F3N4O4. The van der Waals surface area contributed by atoms with Crippen molar-refractivity contribution in [2.75, 3.05) is 19.6 Å². The monoisotopic (exact) mass is 546 g/mol. The number of aromatic carboxylic acids is 1. The average molecular weight is 547 g/mol. The number of benzene rings is 1. The summed E-state index contributed by atoms with van der Waals surface area (Å²) in [6, 6.07) is 7.91. The highest BCUT2D eigenvalue weighted by atomic mass is 19.4. The van der Waals surface area contributed by atoms with Crippen molar-refractivity contribution >= 4 is 12.0 Å². The molecular weight excluding hydrogens is 513 g/mol. The van der Waals surface area contributed by atoms with Crippen LogP contribution in [0.5, 0.6) is 5.75 Å². The molecule has 1 aliphatic heterocycles. The van der Waals surface area contributed by atoms with Gasteiger partial charge >= 0.3 is 18.2 Å². The van der Waals surface area contributed by atoms with Gasteiger partial charge in [-0.15, -0.1) is 0 Å². The molecule has 1 amide bonds. The zero-order valence-corrected chi connectivity index (χ0v) is 22.4. The lowest BCUT2D eigenvalue weighted by atomic mass is 10.1. The number of rotatable bonds is 8. The number of amides is 1. The molecule has 1 aromatic carbocycles. The minimum Gasteiger partial charge on any atom is -0.476 e. The van der Waals surface area contributed by atoms with E-state index in [2.05, 4.69) is 10.00 Å². The van der Waals surface area contributed by atoms with E-state index in [-0.39, 0.29) is 23.5 Å². The number of carboxylic acids is 1. The van der Waals surface area contributed by atoms with Crippen LogP contribution in [0.25, 0.3) is 0 Å². The van der Waals surface area contributed by atoms with E-state index < -0.39 is 17.7 Å². The van der Waals surface area contributed by atoms with E-state index in [0.29, 0.717) is 38.3 Å². The Hall–Kier alpha value is -3.86. The highest BCUT2D eigenvalue weighted by Gasteiger charge is 2.32. The van der Waals surface area contributed by atoms with Gasteiger partial charge in [0.05, 0.1) is 5.57 Å². The highest BCUT2D eigenvalue weighted by molar-refractivity contribution is 5.86. The van der Waals surface area contributed by atoms with E-state index in [9.17, 15) is 22.8 Å². The standard InChI is InChI=1S/C28H33F3N4O4/c1-5-19(2)9-10-23(28(29,30)31)15-21(4)39-24-8-6-7-22(16-24)18-33-13-14-34(20(3)17-33)27(38)35-12-11-25(32-35)26(36)37/h6-12,15-16,20H,5,13-14,17-18H2,1-4H3,(H,36,37)/b19-9+,21-15+,23-10+. The van der Waals surface area contributed by atoms with Crippen molar-refractivity contribution in [3.05, 3.63) is 82.9 Å². The molecule has 0 saturated carbocycles. The normalized spacial score (nSPS) is 17.9. The van der Waals surface area contributed by atoms with Crippen molar-refractivity contribution in [1.82, 2.24) is 19.6 Å². The van der Waals surface area contributed by atoms with Crippen LogP contribution in [0.15, 0.2) is 71.7 Å². The number of piperazine rings is 1. The fourth-order valence-corrected chi connectivity index (χ4v) is 4.11. The molecule has 2 heterocycles. The number of carbonyl (C=O) groups excluding carboxylic acids is 1. The van der Waals surface area contributed by atoms with Gasteiger partial charge < -0.3 is 14.7 Å². The van der Waals surface area contributed by atoms with E-state index in [1.54, 1.807) is 30.0 Å². The summed E-state index contributed by atoms with van der Waals surface area (Å²) in [6.07, 6.45) is 1.00. The van der Waals surface area contributed by atoms with Gasteiger partial charge in [0.15, 0.2) is 5.69 Å². The molecule has 8 nitrogen and oxygen atoms in total. The van der Waals surface area contributed by atoms with Gasteiger partial charge in [-0.1, -0.05) is 30.7 Å². The van der Waals surface area contributed by atoms with Gasteiger partial charge in [-0.05, 0) is 63.1 Å². The highest BCUT2D eigenvalue weighted by Crippen LogP contribution is 2.29. The summed E-state index contributed by atoms with van der Waals surface area (Å²) in [5, 5.41) is 12.9. The third-order valence-electron chi connectivity index (χ3n) is 6.34. The molecule has 210 valence electrons. The zero-order valence-electron chi connectivity index (χ0n) is 22.4. The molecule has 1 unspecified atom stereocenters. The third-order valence-corrected chi connectivity index (χ3v) is 6.34. The maximum atomic E-state index is 13.5. The molecule has 1 saturated heterocycles. The number of nitrogens with zero attached hydrogens (tertiary/aromatic N) is 4. The average Bonchev–Trinajstić information content (AvgIpc) is 3.36. The van der Waals surface area contributed by atoms with E-state index in [1.165, 1.54) is 25.3 Å². The second kappa shape index (κ2) is 12.8. The second-order valence-corrected chi connectivity index (χ2v) is 9.50. The number of alkyl halides is 3. The largest absolute Gasteiger partial charge is 0.476 e. The maximum absolute atomic E-state index is 13.5. The number of carbonyl (C=O) groups is 2. The first-order chi connectivity index (χ1) is 18.4. The summed E-state index contributed by atoms with van der Waals surface area (Å²) in [6.45, 7) is 9.19. The van der Waals surface area contributed by atoms with E-state index >= 15 is 0 Å². The molecule has 1 N–H and O–H groups in total. The maximum Gasteiger partial charge on any atom is 0.416 e. The first-order valence-corrected chi connectivity index (χ1v) is 12.6. The summed E-state index contributed by atoms with van der Waals surface area (Å²) in [7, 11) is 0. The molecule has 39 heavy (non-hydrogen) atoms. The molecule has 1 aromatic heterocycles. The van der Waals surface area contributed by atoms with Crippen LogP contribution in [0.4, 0.5) is 18.0 Å². The van der Waals surface area contributed by atoms with Gasteiger partial charge in [0.1, 0.15) is 11.5 Å². The molecule has 2 aromatic rings. The van der Waals surface area contributed by atoms with Crippen molar-refractivity contribution in [3.8, 4) is 5.75 Å². The number of hydrogen-bond donors (Lipinski definition) is 1. The fraction of sp³-hybridized carbons (Fsp3) is 0.393. The number of aromatic nitrogens is 2. The van der Waals surface area contributed by atoms with Gasteiger partial charge in [0.2, 0.25) is 0 Å².